The maximum absolute atomic E-state index is 6.20. The van der Waals surface area contributed by atoms with Crippen molar-refractivity contribution in [1.29, 1.82) is 0 Å². The molecule has 0 radical (unpaired) electrons. The highest BCUT2D eigenvalue weighted by Gasteiger charge is 2.14. The molecule has 2 aromatic rings. The van der Waals surface area contributed by atoms with Crippen molar-refractivity contribution in [3.05, 3.63) is 49.6 Å². The van der Waals surface area contributed by atoms with Gasteiger partial charge in [-0.15, -0.1) is 11.3 Å². The van der Waals surface area contributed by atoms with Gasteiger partial charge in [0.1, 0.15) is 5.75 Å². The van der Waals surface area contributed by atoms with Crippen LogP contribution in [-0.4, -0.2) is 7.11 Å². The average Bonchev–Trinajstić information content (AvgIpc) is 2.69. The normalized spacial score (nSPS) is 12.5. The van der Waals surface area contributed by atoms with Gasteiger partial charge in [-0.1, -0.05) is 23.7 Å². The van der Waals surface area contributed by atoms with Crippen molar-refractivity contribution in [2.75, 3.05) is 7.11 Å². The molecule has 5 heteroatoms. The van der Waals surface area contributed by atoms with Gasteiger partial charge in [0.05, 0.1) is 22.0 Å². The summed E-state index contributed by atoms with van der Waals surface area (Å²) in [5.41, 5.74) is 7.21. The van der Waals surface area contributed by atoms with Crippen molar-refractivity contribution in [2.45, 2.75) is 6.04 Å². The molecule has 1 heterocycles. The largest absolute Gasteiger partial charge is 0.497 e. The fraction of sp³-hybridized carbons (Fsp3) is 0.167. The molecule has 0 aliphatic carbocycles. The minimum absolute atomic E-state index is 0.182. The van der Waals surface area contributed by atoms with Crippen LogP contribution in [0.5, 0.6) is 5.75 Å². The number of hydrogen-bond donors (Lipinski definition) is 1. The summed E-state index contributed by atoms with van der Waals surface area (Å²) in [6.07, 6.45) is 0. The van der Waals surface area contributed by atoms with Gasteiger partial charge in [-0.25, -0.2) is 0 Å². The van der Waals surface area contributed by atoms with Crippen molar-refractivity contribution < 1.29 is 4.74 Å². The van der Waals surface area contributed by atoms with Crippen LogP contribution in [0.25, 0.3) is 0 Å². The summed E-state index contributed by atoms with van der Waals surface area (Å²) in [7, 11) is 1.64. The molecule has 2 nitrogen and oxygen atoms in total. The summed E-state index contributed by atoms with van der Waals surface area (Å²) in [5, 5.41) is 0.698. The van der Waals surface area contributed by atoms with Crippen LogP contribution >= 0.6 is 38.9 Å². The number of ether oxygens (including phenoxy) is 1. The van der Waals surface area contributed by atoms with Gasteiger partial charge in [0.2, 0.25) is 0 Å². The number of rotatable bonds is 3. The van der Waals surface area contributed by atoms with Gasteiger partial charge >= 0.3 is 0 Å². The predicted octanol–water partition coefficient (Wildman–Crippen LogP) is 4.22. The lowest BCUT2D eigenvalue weighted by molar-refractivity contribution is 0.414. The lowest BCUT2D eigenvalue weighted by atomic mass is 10.1. The van der Waals surface area contributed by atoms with E-state index in [-0.39, 0.29) is 6.04 Å². The predicted molar refractivity (Wildman–Crippen MR) is 76.1 cm³/mol. The Morgan fingerprint density at radius 1 is 1.41 bits per heavy atom. The topological polar surface area (TPSA) is 35.2 Å². The Morgan fingerprint density at radius 2 is 2.18 bits per heavy atom. The molecule has 1 aromatic heterocycles. The molecule has 17 heavy (non-hydrogen) atoms. The summed E-state index contributed by atoms with van der Waals surface area (Å²) in [4.78, 5) is 1.02. The van der Waals surface area contributed by atoms with E-state index in [4.69, 9.17) is 22.1 Å². The van der Waals surface area contributed by atoms with Gasteiger partial charge in [-0.3, -0.25) is 0 Å². The number of hydrogen-bond acceptors (Lipinski definition) is 3. The van der Waals surface area contributed by atoms with Crippen molar-refractivity contribution in [3.63, 3.8) is 0 Å². The van der Waals surface area contributed by atoms with Gasteiger partial charge < -0.3 is 10.5 Å². The Hall–Kier alpha value is -0.550. The summed E-state index contributed by atoms with van der Waals surface area (Å²) in [6.45, 7) is 0. The Morgan fingerprint density at radius 3 is 2.76 bits per heavy atom. The molecule has 2 rings (SSSR count). The number of thiophene rings is 1. The average molecular weight is 333 g/mol. The maximum Gasteiger partial charge on any atom is 0.119 e. The van der Waals surface area contributed by atoms with E-state index >= 15 is 0 Å². The van der Waals surface area contributed by atoms with E-state index in [9.17, 15) is 0 Å². The second-order valence-corrected chi connectivity index (χ2v) is 6.33. The minimum atomic E-state index is -0.182. The first-order chi connectivity index (χ1) is 8.11. The zero-order valence-corrected chi connectivity index (χ0v) is 12.3. The minimum Gasteiger partial charge on any atom is -0.497 e. The fourth-order valence-corrected chi connectivity index (χ4v) is 3.29. The van der Waals surface area contributed by atoms with Crippen LogP contribution in [0.15, 0.2) is 34.1 Å². The zero-order chi connectivity index (χ0) is 12.4. The van der Waals surface area contributed by atoms with Gasteiger partial charge in [0.15, 0.2) is 0 Å². The van der Waals surface area contributed by atoms with Crippen LogP contribution in [0.3, 0.4) is 0 Å². The molecule has 1 unspecified atom stereocenters. The number of nitrogens with two attached hydrogens (primary N) is 1. The van der Waals surface area contributed by atoms with Gasteiger partial charge in [0.25, 0.3) is 0 Å². The zero-order valence-electron chi connectivity index (χ0n) is 9.11. The molecule has 1 aromatic carbocycles. The van der Waals surface area contributed by atoms with E-state index in [1.807, 2.05) is 30.3 Å². The van der Waals surface area contributed by atoms with E-state index in [0.717, 1.165) is 20.0 Å². The molecule has 0 saturated carbocycles. The smallest absolute Gasteiger partial charge is 0.119 e. The standard InChI is InChI=1S/C12H11BrClNOS/c1-16-8-4-2-3-7(5-8)11(15)10-6-9(14)12(13)17-10/h2-6,11H,15H2,1H3. The molecular formula is C12H11BrClNOS. The molecule has 0 fully saturated rings. The number of halogens is 2. The van der Waals surface area contributed by atoms with Crippen molar-refractivity contribution in [3.8, 4) is 5.75 Å². The summed E-state index contributed by atoms with van der Waals surface area (Å²) >= 11 is 10.9. The van der Waals surface area contributed by atoms with Crippen molar-refractivity contribution in [2.24, 2.45) is 5.73 Å². The molecule has 0 amide bonds. The highest BCUT2D eigenvalue weighted by atomic mass is 79.9. The van der Waals surface area contributed by atoms with Crippen molar-refractivity contribution >= 4 is 38.9 Å². The lowest BCUT2D eigenvalue weighted by Crippen LogP contribution is -2.10. The first-order valence-electron chi connectivity index (χ1n) is 4.96. The molecule has 2 N–H and O–H groups in total. The van der Waals surface area contributed by atoms with Gasteiger partial charge in [-0.05, 0) is 39.7 Å². The lowest BCUT2D eigenvalue weighted by Gasteiger charge is -2.11. The van der Waals surface area contributed by atoms with Crippen LogP contribution in [0.4, 0.5) is 0 Å². The Labute approximate surface area is 117 Å². The second-order valence-electron chi connectivity index (χ2n) is 3.52. The van der Waals surface area contributed by atoms with Gasteiger partial charge in [-0.2, -0.15) is 0 Å². The van der Waals surface area contributed by atoms with E-state index in [0.29, 0.717) is 5.02 Å². The first kappa shape index (κ1) is 12.9. The van der Waals surface area contributed by atoms with Crippen LogP contribution in [0, 0.1) is 0 Å². The number of methoxy groups -OCH3 is 1. The van der Waals surface area contributed by atoms with E-state index < -0.39 is 0 Å². The molecule has 1 atom stereocenters. The molecule has 90 valence electrons. The maximum atomic E-state index is 6.20. The van der Waals surface area contributed by atoms with Crippen LogP contribution in [-0.2, 0) is 0 Å². The Bertz CT molecular complexity index is 509. The third-order valence-electron chi connectivity index (χ3n) is 2.42. The molecule has 0 saturated heterocycles. The molecular weight excluding hydrogens is 322 g/mol. The second kappa shape index (κ2) is 5.40. The molecule has 0 bridgehead atoms. The van der Waals surface area contributed by atoms with Crippen LogP contribution in [0.2, 0.25) is 5.02 Å². The highest BCUT2D eigenvalue weighted by Crippen LogP contribution is 2.36. The third-order valence-corrected chi connectivity index (χ3v) is 4.98. The summed E-state index contributed by atoms with van der Waals surface area (Å²) in [6, 6.07) is 9.45. The number of benzene rings is 1. The summed E-state index contributed by atoms with van der Waals surface area (Å²) in [5.74, 6) is 0.805. The van der Waals surface area contributed by atoms with E-state index in [2.05, 4.69) is 15.9 Å². The Balaban J connectivity index is 2.32. The third kappa shape index (κ3) is 2.83. The molecule has 0 spiro atoms. The molecule has 0 aliphatic rings. The Kier molecular flexibility index (Phi) is 4.09. The van der Waals surface area contributed by atoms with Crippen LogP contribution < -0.4 is 10.5 Å². The van der Waals surface area contributed by atoms with Crippen LogP contribution in [0.1, 0.15) is 16.5 Å². The fourth-order valence-electron chi connectivity index (χ4n) is 1.52. The van der Waals surface area contributed by atoms with Crippen molar-refractivity contribution in [1.82, 2.24) is 0 Å². The van der Waals surface area contributed by atoms with E-state index in [1.54, 1.807) is 18.4 Å². The van der Waals surface area contributed by atoms with E-state index in [1.165, 1.54) is 0 Å². The summed E-state index contributed by atoms with van der Waals surface area (Å²) < 4.78 is 6.09. The molecule has 0 aliphatic heterocycles. The van der Waals surface area contributed by atoms with Gasteiger partial charge in [0, 0.05) is 4.88 Å². The first-order valence-corrected chi connectivity index (χ1v) is 6.95. The SMILES string of the molecule is COc1cccc(C(N)c2cc(Cl)c(Br)s2)c1. The monoisotopic (exact) mass is 331 g/mol. The highest BCUT2D eigenvalue weighted by molar-refractivity contribution is 9.11. The quantitative estimate of drug-likeness (QED) is 0.913.